The number of nitrogens with zero attached hydrogens (tertiary/aromatic N) is 1. The number of esters is 1. The zero-order valence-electron chi connectivity index (χ0n) is 13.4. The number of carbonyl (C=O) groups is 2. The van der Waals surface area contributed by atoms with Crippen LogP contribution in [0.1, 0.15) is 28.5 Å². The number of hydrogen-bond donors (Lipinski definition) is 2. The number of aliphatic hydroxyl groups is 1. The molecule has 1 atom stereocenters. The van der Waals surface area contributed by atoms with Crippen LogP contribution in [0.15, 0.2) is 36.5 Å². The molecule has 0 aliphatic carbocycles. The minimum Gasteiger partial charge on any atom is -0.419 e. The molecule has 1 aromatic heterocycles. The Labute approximate surface area is 145 Å². The van der Waals surface area contributed by atoms with Gasteiger partial charge < -0.3 is 15.2 Å². The normalized spacial score (nSPS) is 15.8. The SMILES string of the molecule is CC(O)(C(=O)Nc1cccc2c1OC(=O)c1ncccc1C2)C(F)(F)F. The highest BCUT2D eigenvalue weighted by atomic mass is 19.4. The number of para-hydroxylation sites is 1. The van der Waals surface area contributed by atoms with Crippen molar-refractivity contribution in [1.29, 1.82) is 0 Å². The summed E-state index contributed by atoms with van der Waals surface area (Å²) < 4.78 is 43.7. The van der Waals surface area contributed by atoms with Gasteiger partial charge in [0.2, 0.25) is 5.60 Å². The number of hydrogen-bond acceptors (Lipinski definition) is 5. The Morgan fingerprint density at radius 1 is 1.23 bits per heavy atom. The fourth-order valence-electron chi connectivity index (χ4n) is 2.43. The van der Waals surface area contributed by atoms with Gasteiger partial charge in [-0.15, -0.1) is 0 Å². The Kier molecular flexibility index (Phi) is 4.19. The summed E-state index contributed by atoms with van der Waals surface area (Å²) in [5.74, 6) is -2.56. The highest BCUT2D eigenvalue weighted by molar-refractivity contribution is 6.00. The molecule has 136 valence electrons. The number of amides is 1. The van der Waals surface area contributed by atoms with E-state index < -0.39 is 23.7 Å². The van der Waals surface area contributed by atoms with Crippen LogP contribution in [0.3, 0.4) is 0 Å². The average molecular weight is 366 g/mol. The molecule has 1 amide bonds. The monoisotopic (exact) mass is 366 g/mol. The van der Waals surface area contributed by atoms with Crippen molar-refractivity contribution in [2.24, 2.45) is 0 Å². The Bertz CT molecular complexity index is 894. The topological polar surface area (TPSA) is 88.5 Å². The van der Waals surface area contributed by atoms with Gasteiger partial charge in [0.25, 0.3) is 5.91 Å². The summed E-state index contributed by atoms with van der Waals surface area (Å²) in [6.45, 7) is 0.343. The van der Waals surface area contributed by atoms with Crippen LogP contribution in [-0.2, 0) is 11.2 Å². The predicted molar refractivity (Wildman–Crippen MR) is 83.8 cm³/mol. The van der Waals surface area contributed by atoms with Crippen molar-refractivity contribution in [2.45, 2.75) is 25.1 Å². The second-order valence-electron chi connectivity index (χ2n) is 5.90. The second kappa shape index (κ2) is 6.10. The van der Waals surface area contributed by atoms with E-state index in [1.165, 1.54) is 18.3 Å². The van der Waals surface area contributed by atoms with E-state index in [1.807, 2.05) is 5.32 Å². The van der Waals surface area contributed by atoms with Crippen LogP contribution in [0.2, 0.25) is 0 Å². The number of anilines is 1. The van der Waals surface area contributed by atoms with Gasteiger partial charge in [-0.1, -0.05) is 18.2 Å². The molecule has 26 heavy (non-hydrogen) atoms. The van der Waals surface area contributed by atoms with Crippen LogP contribution in [0.5, 0.6) is 5.75 Å². The summed E-state index contributed by atoms with van der Waals surface area (Å²) in [5.41, 5.74) is -2.60. The van der Waals surface area contributed by atoms with Crippen LogP contribution < -0.4 is 10.1 Å². The Hall–Kier alpha value is -2.94. The number of alkyl halides is 3. The standard InChI is InChI=1S/C17H13F3N2O4/c1-16(25,17(18,19)20)15(24)22-11-6-2-4-10-8-9-5-3-7-21-12(9)14(23)26-13(10)11/h2-7,25H,8H2,1H3,(H,22,24). The zero-order chi connectivity index (χ0) is 19.1. The van der Waals surface area contributed by atoms with E-state index in [9.17, 15) is 27.9 Å². The maximum absolute atomic E-state index is 12.8. The predicted octanol–water partition coefficient (Wildman–Crippen LogP) is 2.46. The zero-order valence-corrected chi connectivity index (χ0v) is 13.4. The number of benzene rings is 1. The van der Waals surface area contributed by atoms with E-state index in [4.69, 9.17) is 4.74 Å². The van der Waals surface area contributed by atoms with E-state index in [0.717, 1.165) is 0 Å². The summed E-state index contributed by atoms with van der Waals surface area (Å²) in [6.07, 6.45) is -3.51. The number of aromatic nitrogens is 1. The lowest BCUT2D eigenvalue weighted by Crippen LogP contribution is -2.52. The Morgan fingerprint density at radius 3 is 2.62 bits per heavy atom. The van der Waals surface area contributed by atoms with Crippen molar-refractivity contribution >= 4 is 17.6 Å². The maximum atomic E-state index is 12.8. The van der Waals surface area contributed by atoms with E-state index in [-0.39, 0.29) is 23.6 Å². The third-order valence-electron chi connectivity index (χ3n) is 4.00. The first-order valence-electron chi connectivity index (χ1n) is 7.50. The first-order chi connectivity index (χ1) is 12.1. The van der Waals surface area contributed by atoms with Crippen LogP contribution >= 0.6 is 0 Å². The van der Waals surface area contributed by atoms with Gasteiger partial charge in [-0.3, -0.25) is 4.79 Å². The van der Waals surface area contributed by atoms with Gasteiger partial charge in [-0.2, -0.15) is 13.2 Å². The number of halogens is 3. The third kappa shape index (κ3) is 3.01. The second-order valence-corrected chi connectivity index (χ2v) is 5.90. The van der Waals surface area contributed by atoms with E-state index in [2.05, 4.69) is 4.98 Å². The molecule has 2 heterocycles. The molecule has 3 rings (SSSR count). The highest BCUT2D eigenvalue weighted by Gasteiger charge is 2.56. The number of pyridine rings is 1. The fourth-order valence-corrected chi connectivity index (χ4v) is 2.43. The van der Waals surface area contributed by atoms with Crippen molar-refractivity contribution in [3.8, 4) is 5.75 Å². The fraction of sp³-hybridized carbons (Fsp3) is 0.235. The van der Waals surface area contributed by atoms with Gasteiger partial charge in [0.15, 0.2) is 11.4 Å². The Balaban J connectivity index is 1.97. The molecule has 0 radical (unpaired) electrons. The number of nitrogens with one attached hydrogen (secondary N) is 1. The first-order valence-corrected chi connectivity index (χ1v) is 7.50. The van der Waals surface area contributed by atoms with Gasteiger partial charge in [0.05, 0.1) is 5.69 Å². The summed E-state index contributed by atoms with van der Waals surface area (Å²) in [4.78, 5) is 28.1. The van der Waals surface area contributed by atoms with Crippen molar-refractivity contribution in [3.63, 3.8) is 0 Å². The molecular weight excluding hydrogens is 353 g/mol. The highest BCUT2D eigenvalue weighted by Crippen LogP contribution is 2.36. The smallest absolute Gasteiger partial charge is 0.419 e. The van der Waals surface area contributed by atoms with Crippen LogP contribution in [0.4, 0.5) is 18.9 Å². The van der Waals surface area contributed by atoms with Crippen molar-refractivity contribution < 1.29 is 32.6 Å². The molecule has 0 saturated heterocycles. The van der Waals surface area contributed by atoms with Crippen molar-refractivity contribution in [1.82, 2.24) is 4.98 Å². The minimum absolute atomic E-state index is 0.0816. The maximum Gasteiger partial charge on any atom is 0.426 e. The lowest BCUT2D eigenvalue weighted by Gasteiger charge is -2.25. The molecule has 9 heteroatoms. The number of fused-ring (bicyclic) bond motifs is 2. The third-order valence-corrected chi connectivity index (χ3v) is 4.00. The molecule has 0 bridgehead atoms. The summed E-state index contributed by atoms with van der Waals surface area (Å²) in [7, 11) is 0. The van der Waals surface area contributed by atoms with Crippen LogP contribution in [-0.4, -0.2) is 33.7 Å². The molecule has 1 unspecified atom stereocenters. The average Bonchev–Trinajstić information content (AvgIpc) is 2.70. The summed E-state index contributed by atoms with van der Waals surface area (Å²) in [6, 6.07) is 7.70. The molecule has 2 aromatic rings. The number of ether oxygens (including phenoxy) is 1. The Morgan fingerprint density at radius 2 is 1.92 bits per heavy atom. The van der Waals surface area contributed by atoms with Gasteiger partial charge in [-0.25, -0.2) is 9.78 Å². The lowest BCUT2D eigenvalue weighted by molar-refractivity contribution is -0.242. The molecule has 6 nitrogen and oxygen atoms in total. The van der Waals surface area contributed by atoms with Gasteiger partial charge in [-0.05, 0) is 24.6 Å². The summed E-state index contributed by atoms with van der Waals surface area (Å²) >= 11 is 0. The number of carbonyl (C=O) groups excluding carboxylic acids is 2. The minimum atomic E-state index is -5.17. The van der Waals surface area contributed by atoms with E-state index >= 15 is 0 Å². The molecule has 0 spiro atoms. The van der Waals surface area contributed by atoms with Gasteiger partial charge >= 0.3 is 12.1 Å². The van der Waals surface area contributed by atoms with Crippen LogP contribution in [0.25, 0.3) is 0 Å². The molecule has 2 N–H and O–H groups in total. The molecule has 0 saturated carbocycles. The molecule has 1 aliphatic heterocycles. The van der Waals surface area contributed by atoms with Crippen molar-refractivity contribution in [3.05, 3.63) is 53.3 Å². The molecule has 1 aliphatic rings. The van der Waals surface area contributed by atoms with E-state index in [0.29, 0.717) is 18.1 Å². The molecule has 0 fully saturated rings. The lowest BCUT2D eigenvalue weighted by atomic mass is 10.0. The number of rotatable bonds is 2. The summed E-state index contributed by atoms with van der Waals surface area (Å²) in [5, 5.41) is 11.5. The van der Waals surface area contributed by atoms with Gasteiger partial charge in [0.1, 0.15) is 0 Å². The quantitative estimate of drug-likeness (QED) is 0.630. The molecular formula is C17H13F3N2O4. The van der Waals surface area contributed by atoms with E-state index in [1.54, 1.807) is 18.2 Å². The van der Waals surface area contributed by atoms with Crippen molar-refractivity contribution in [2.75, 3.05) is 5.32 Å². The van der Waals surface area contributed by atoms with Gasteiger partial charge in [0, 0.05) is 18.2 Å². The molecule has 1 aromatic carbocycles. The largest absolute Gasteiger partial charge is 0.426 e. The van der Waals surface area contributed by atoms with Crippen LogP contribution in [0, 0.1) is 0 Å². The first kappa shape index (κ1) is 17.9.